The number of tetrazole rings is 1. The van der Waals surface area contributed by atoms with Crippen LogP contribution in [0.2, 0.25) is 5.02 Å². The average molecular weight is 476 g/mol. The van der Waals surface area contributed by atoms with Crippen LogP contribution in [-0.2, 0) is 23.1 Å². The largest absolute Gasteiger partial charge is 0.243 e. The highest BCUT2D eigenvalue weighted by Gasteiger charge is 2.26. The molecule has 0 spiro atoms. The van der Waals surface area contributed by atoms with Gasteiger partial charge in [0, 0.05) is 23.7 Å². The maximum atomic E-state index is 14.7. The van der Waals surface area contributed by atoms with Crippen LogP contribution < -0.4 is 0 Å². The van der Waals surface area contributed by atoms with Crippen molar-refractivity contribution in [2.45, 2.75) is 18.0 Å². The number of halogens is 3. The Bertz CT molecular complexity index is 1330. The van der Waals surface area contributed by atoms with Crippen LogP contribution in [0.15, 0.2) is 71.6 Å². The summed E-state index contributed by atoms with van der Waals surface area (Å²) in [6.45, 7) is -0.436. The van der Waals surface area contributed by atoms with Gasteiger partial charge in [0.05, 0.1) is 10.5 Å². The summed E-state index contributed by atoms with van der Waals surface area (Å²) in [5.41, 5.74) is 0.668. The molecule has 0 atom stereocenters. The van der Waals surface area contributed by atoms with E-state index in [1.807, 2.05) is 0 Å². The summed E-state index contributed by atoms with van der Waals surface area (Å²) in [6.07, 6.45) is 0. The van der Waals surface area contributed by atoms with E-state index in [1.165, 1.54) is 54.6 Å². The molecule has 3 aromatic carbocycles. The van der Waals surface area contributed by atoms with Crippen molar-refractivity contribution in [3.63, 3.8) is 0 Å². The molecule has 1 N–H and O–H groups in total. The fourth-order valence-corrected chi connectivity index (χ4v) is 4.65. The molecule has 0 aliphatic heterocycles. The highest BCUT2D eigenvalue weighted by molar-refractivity contribution is 7.89. The zero-order chi connectivity index (χ0) is 22.7. The fourth-order valence-electron chi connectivity index (χ4n) is 3.12. The molecule has 164 valence electrons. The van der Waals surface area contributed by atoms with Crippen molar-refractivity contribution in [1.82, 2.24) is 24.9 Å². The van der Waals surface area contributed by atoms with Gasteiger partial charge in [-0.2, -0.15) is 9.52 Å². The minimum absolute atomic E-state index is 0.0119. The summed E-state index contributed by atoms with van der Waals surface area (Å²) < 4.78 is 56.7. The van der Waals surface area contributed by atoms with Crippen molar-refractivity contribution < 1.29 is 17.2 Å². The Morgan fingerprint density at radius 2 is 1.69 bits per heavy atom. The van der Waals surface area contributed by atoms with E-state index in [0.29, 0.717) is 10.6 Å². The molecule has 0 bridgehead atoms. The molecule has 7 nitrogen and oxygen atoms in total. The SMILES string of the molecule is O=S(=O)(c1ccc(Cl)cc1)N(Cc1ccc(-c2nn[nH]n2)c(F)c1)Cc1ccccc1F. The van der Waals surface area contributed by atoms with E-state index in [2.05, 4.69) is 20.6 Å². The Morgan fingerprint density at radius 3 is 2.34 bits per heavy atom. The molecule has 0 aliphatic carbocycles. The molecule has 4 aromatic rings. The number of rotatable bonds is 7. The predicted octanol–water partition coefficient (Wildman–Crippen LogP) is 4.19. The number of hydrogen-bond acceptors (Lipinski definition) is 5. The molecule has 0 fully saturated rings. The second-order valence-electron chi connectivity index (χ2n) is 6.87. The number of aromatic amines is 1. The number of nitrogens with zero attached hydrogens (tertiary/aromatic N) is 4. The summed E-state index contributed by atoms with van der Waals surface area (Å²) in [6, 6.07) is 15.7. The molecule has 11 heteroatoms. The zero-order valence-corrected chi connectivity index (χ0v) is 18.0. The molecule has 1 heterocycles. The van der Waals surface area contributed by atoms with Gasteiger partial charge < -0.3 is 0 Å². The molecule has 0 radical (unpaired) electrons. The van der Waals surface area contributed by atoms with Crippen molar-refractivity contribution in [2.24, 2.45) is 0 Å². The molecule has 4 rings (SSSR count). The normalized spacial score (nSPS) is 11.8. The third-order valence-electron chi connectivity index (χ3n) is 4.73. The molecule has 0 amide bonds. The van der Waals surface area contributed by atoms with Gasteiger partial charge in [0.15, 0.2) is 0 Å². The monoisotopic (exact) mass is 475 g/mol. The van der Waals surface area contributed by atoms with Crippen molar-refractivity contribution >= 4 is 21.6 Å². The maximum absolute atomic E-state index is 14.7. The highest BCUT2D eigenvalue weighted by Crippen LogP contribution is 2.25. The Kier molecular flexibility index (Phi) is 6.26. The van der Waals surface area contributed by atoms with E-state index >= 15 is 0 Å². The quantitative estimate of drug-likeness (QED) is 0.432. The first kappa shape index (κ1) is 22.0. The van der Waals surface area contributed by atoms with E-state index < -0.39 is 21.7 Å². The smallest absolute Gasteiger partial charge is 0.207 e. The third kappa shape index (κ3) is 4.67. The maximum Gasteiger partial charge on any atom is 0.243 e. The van der Waals surface area contributed by atoms with Gasteiger partial charge in [0.2, 0.25) is 15.8 Å². The highest BCUT2D eigenvalue weighted by atomic mass is 35.5. The first-order valence-electron chi connectivity index (χ1n) is 9.36. The van der Waals surface area contributed by atoms with Gasteiger partial charge in [-0.25, -0.2) is 17.2 Å². The predicted molar refractivity (Wildman–Crippen MR) is 114 cm³/mol. The van der Waals surface area contributed by atoms with E-state index in [0.717, 1.165) is 4.31 Å². The lowest BCUT2D eigenvalue weighted by molar-refractivity contribution is 0.393. The second-order valence-corrected chi connectivity index (χ2v) is 9.24. The van der Waals surface area contributed by atoms with E-state index in [9.17, 15) is 17.2 Å². The van der Waals surface area contributed by atoms with Gasteiger partial charge in [0.1, 0.15) is 11.6 Å². The number of nitrogens with one attached hydrogen (secondary N) is 1. The standard InChI is InChI=1S/C21H16ClF2N5O2S/c22-16-6-8-17(9-7-16)32(30,31)29(13-15-3-1-2-4-19(15)23)12-14-5-10-18(20(24)11-14)21-25-27-28-26-21/h1-11H,12-13H2,(H,25,26,27,28). The first-order valence-corrected chi connectivity index (χ1v) is 11.2. The van der Waals surface area contributed by atoms with Gasteiger partial charge in [-0.15, -0.1) is 10.2 Å². The van der Waals surface area contributed by atoms with Gasteiger partial charge in [0.25, 0.3) is 0 Å². The van der Waals surface area contributed by atoms with Crippen LogP contribution in [0.4, 0.5) is 8.78 Å². The van der Waals surface area contributed by atoms with Crippen molar-refractivity contribution in [3.8, 4) is 11.4 Å². The van der Waals surface area contributed by atoms with Crippen LogP contribution >= 0.6 is 11.6 Å². The molecule has 0 saturated heterocycles. The van der Waals surface area contributed by atoms with Crippen LogP contribution in [0.1, 0.15) is 11.1 Å². The van der Waals surface area contributed by atoms with Gasteiger partial charge in [-0.05, 0) is 53.2 Å². The molecule has 0 saturated carbocycles. The van der Waals surface area contributed by atoms with Crippen LogP contribution in [0, 0.1) is 11.6 Å². The Labute approximate surface area is 187 Å². The molecule has 0 aliphatic rings. The summed E-state index contributed by atoms with van der Waals surface area (Å²) in [5, 5.41) is 13.5. The van der Waals surface area contributed by atoms with Crippen LogP contribution in [0.3, 0.4) is 0 Å². The number of sulfonamides is 1. The fraction of sp³-hybridized carbons (Fsp3) is 0.0952. The Hall–Kier alpha value is -3.21. The summed E-state index contributed by atoms with van der Waals surface area (Å²) in [4.78, 5) is -0.0119. The van der Waals surface area contributed by atoms with Gasteiger partial charge in [-0.1, -0.05) is 35.9 Å². The van der Waals surface area contributed by atoms with E-state index in [1.54, 1.807) is 12.1 Å². The Morgan fingerprint density at radius 1 is 0.938 bits per heavy atom. The van der Waals surface area contributed by atoms with Crippen LogP contribution in [-0.4, -0.2) is 33.3 Å². The second kappa shape index (κ2) is 9.11. The number of H-pyrrole nitrogens is 1. The average Bonchev–Trinajstić information content (AvgIpc) is 3.30. The molecule has 1 aromatic heterocycles. The van der Waals surface area contributed by atoms with Crippen molar-refractivity contribution in [1.29, 1.82) is 0 Å². The first-order chi connectivity index (χ1) is 15.3. The minimum Gasteiger partial charge on any atom is -0.207 e. The Balaban J connectivity index is 1.70. The van der Waals surface area contributed by atoms with Gasteiger partial charge >= 0.3 is 0 Å². The van der Waals surface area contributed by atoms with Gasteiger partial charge in [-0.3, -0.25) is 0 Å². The summed E-state index contributed by atoms with van der Waals surface area (Å²) in [5.74, 6) is -1.10. The number of benzene rings is 3. The minimum atomic E-state index is -4.05. The summed E-state index contributed by atoms with van der Waals surface area (Å²) >= 11 is 5.88. The number of aromatic nitrogens is 4. The zero-order valence-electron chi connectivity index (χ0n) is 16.4. The lowest BCUT2D eigenvalue weighted by Gasteiger charge is -2.23. The molecular weight excluding hydrogens is 460 g/mol. The van der Waals surface area contributed by atoms with Crippen LogP contribution in [0.5, 0.6) is 0 Å². The van der Waals surface area contributed by atoms with Crippen molar-refractivity contribution in [3.05, 3.63) is 94.5 Å². The van der Waals surface area contributed by atoms with E-state index in [4.69, 9.17) is 11.6 Å². The van der Waals surface area contributed by atoms with E-state index in [-0.39, 0.29) is 34.9 Å². The molecule has 0 unspecified atom stereocenters. The lowest BCUT2D eigenvalue weighted by atomic mass is 10.1. The summed E-state index contributed by atoms with van der Waals surface area (Å²) in [7, 11) is -4.05. The van der Waals surface area contributed by atoms with Crippen molar-refractivity contribution in [2.75, 3.05) is 0 Å². The third-order valence-corrected chi connectivity index (χ3v) is 6.79. The molecule has 32 heavy (non-hydrogen) atoms. The molecular formula is C21H16ClF2N5O2S. The lowest BCUT2D eigenvalue weighted by Crippen LogP contribution is -2.30. The number of hydrogen-bond donors (Lipinski definition) is 1. The van der Waals surface area contributed by atoms with Crippen LogP contribution in [0.25, 0.3) is 11.4 Å². The topological polar surface area (TPSA) is 91.8 Å².